The molecule has 4 rings (SSSR count). The van der Waals surface area contributed by atoms with Gasteiger partial charge in [-0.05, 0) is 48.7 Å². The molecule has 9 heteroatoms. The van der Waals surface area contributed by atoms with Crippen molar-refractivity contribution in [2.24, 2.45) is 0 Å². The van der Waals surface area contributed by atoms with Crippen LogP contribution >= 0.6 is 11.8 Å². The average molecular weight is 452 g/mol. The number of hydrogen-bond acceptors (Lipinski definition) is 6. The number of carbonyl (C=O) groups is 2. The van der Waals surface area contributed by atoms with Gasteiger partial charge in [0.1, 0.15) is 12.1 Å². The Labute approximate surface area is 191 Å². The fraction of sp³-hybridized carbons (Fsp3) is 0.304. The van der Waals surface area contributed by atoms with Crippen LogP contribution in [0.25, 0.3) is 5.69 Å². The van der Waals surface area contributed by atoms with Crippen molar-refractivity contribution >= 4 is 29.3 Å². The average Bonchev–Trinajstić information content (AvgIpc) is 3.52. The van der Waals surface area contributed by atoms with Crippen LogP contribution in [-0.4, -0.2) is 50.4 Å². The number of nitrogens with one attached hydrogen (secondary N) is 1. The lowest BCUT2D eigenvalue weighted by molar-refractivity contribution is -0.129. The van der Waals surface area contributed by atoms with E-state index < -0.39 is 0 Å². The Morgan fingerprint density at radius 1 is 1.22 bits per heavy atom. The molecule has 2 amide bonds. The number of rotatable bonds is 9. The summed E-state index contributed by atoms with van der Waals surface area (Å²) in [6.45, 7) is 2.05. The number of methoxy groups -OCH3 is 1. The predicted molar refractivity (Wildman–Crippen MR) is 123 cm³/mol. The van der Waals surface area contributed by atoms with Gasteiger partial charge >= 0.3 is 0 Å². The molecule has 0 radical (unpaired) electrons. The molecule has 0 bridgehead atoms. The molecule has 0 aliphatic heterocycles. The summed E-state index contributed by atoms with van der Waals surface area (Å²) in [5.41, 5.74) is 2.58. The normalized spacial score (nSPS) is 12.9. The number of ether oxygens (including phenoxy) is 1. The van der Waals surface area contributed by atoms with Crippen molar-refractivity contribution in [3.05, 3.63) is 60.4 Å². The minimum atomic E-state index is -0.136. The number of aromatic nitrogens is 3. The van der Waals surface area contributed by atoms with Crippen LogP contribution in [0, 0.1) is 0 Å². The SMILES string of the molecule is COc1ccc(CN(C(=O)CSc2nncn2-c2cccc(NC(C)=O)c2)C2CC2)cc1. The van der Waals surface area contributed by atoms with Crippen LogP contribution < -0.4 is 10.1 Å². The molecule has 1 saturated carbocycles. The Balaban J connectivity index is 1.42. The monoisotopic (exact) mass is 451 g/mol. The molecule has 166 valence electrons. The van der Waals surface area contributed by atoms with Gasteiger partial charge in [-0.1, -0.05) is 30.0 Å². The van der Waals surface area contributed by atoms with Crippen molar-refractivity contribution in [1.82, 2.24) is 19.7 Å². The van der Waals surface area contributed by atoms with Crippen LogP contribution in [0.5, 0.6) is 5.75 Å². The third-order valence-electron chi connectivity index (χ3n) is 5.11. The third kappa shape index (κ3) is 5.47. The molecule has 1 fully saturated rings. The molecule has 0 spiro atoms. The molecule has 0 atom stereocenters. The van der Waals surface area contributed by atoms with Gasteiger partial charge in [0.05, 0.1) is 18.6 Å². The maximum absolute atomic E-state index is 13.0. The molecule has 3 aromatic rings. The summed E-state index contributed by atoms with van der Waals surface area (Å²) in [6, 6.07) is 15.5. The molecule has 1 N–H and O–H groups in total. The second kappa shape index (κ2) is 9.86. The molecular formula is C23H25N5O3S. The highest BCUT2D eigenvalue weighted by Gasteiger charge is 2.32. The number of benzene rings is 2. The van der Waals surface area contributed by atoms with Crippen molar-refractivity contribution in [2.45, 2.75) is 37.5 Å². The summed E-state index contributed by atoms with van der Waals surface area (Å²) in [6.07, 6.45) is 3.69. The van der Waals surface area contributed by atoms with Crippen LogP contribution in [0.1, 0.15) is 25.3 Å². The van der Waals surface area contributed by atoms with Gasteiger partial charge in [0.15, 0.2) is 5.16 Å². The molecule has 2 aromatic carbocycles. The molecule has 0 saturated heterocycles. The van der Waals surface area contributed by atoms with Crippen molar-refractivity contribution in [3.8, 4) is 11.4 Å². The fourth-order valence-electron chi connectivity index (χ4n) is 3.38. The molecule has 32 heavy (non-hydrogen) atoms. The zero-order chi connectivity index (χ0) is 22.5. The Kier molecular flexibility index (Phi) is 6.75. The Bertz CT molecular complexity index is 1100. The standard InChI is InChI=1S/C23H25N5O3S/c1-16(29)25-18-4-3-5-20(12-18)28-15-24-26-23(28)32-14-22(30)27(19-8-9-19)13-17-6-10-21(31-2)11-7-17/h3-7,10-12,15,19H,8-9,13-14H2,1-2H3,(H,25,29). The van der Waals surface area contributed by atoms with Gasteiger partial charge in [0.25, 0.3) is 0 Å². The first-order valence-electron chi connectivity index (χ1n) is 10.4. The summed E-state index contributed by atoms with van der Waals surface area (Å²) in [5.74, 6) is 1.02. The first-order valence-corrected chi connectivity index (χ1v) is 11.4. The van der Waals surface area contributed by atoms with Gasteiger partial charge in [-0.15, -0.1) is 10.2 Å². The van der Waals surface area contributed by atoms with Gasteiger partial charge < -0.3 is 15.0 Å². The molecule has 0 unspecified atom stereocenters. The van der Waals surface area contributed by atoms with E-state index >= 15 is 0 Å². The minimum absolute atomic E-state index is 0.0786. The van der Waals surface area contributed by atoms with E-state index in [9.17, 15) is 9.59 Å². The van der Waals surface area contributed by atoms with E-state index in [1.165, 1.54) is 18.7 Å². The Morgan fingerprint density at radius 2 is 2.00 bits per heavy atom. The molecule has 1 aromatic heterocycles. The topological polar surface area (TPSA) is 89.3 Å². The van der Waals surface area contributed by atoms with Gasteiger partial charge in [0, 0.05) is 25.2 Å². The molecule has 1 heterocycles. The summed E-state index contributed by atoms with van der Waals surface area (Å²) < 4.78 is 7.03. The number of hydrogen-bond donors (Lipinski definition) is 1. The van der Waals surface area contributed by atoms with Crippen molar-refractivity contribution in [2.75, 3.05) is 18.2 Å². The second-order valence-electron chi connectivity index (χ2n) is 7.60. The summed E-state index contributed by atoms with van der Waals surface area (Å²) in [4.78, 5) is 26.3. The molecule has 1 aliphatic rings. The van der Waals surface area contributed by atoms with Crippen molar-refractivity contribution in [1.29, 1.82) is 0 Å². The highest BCUT2D eigenvalue weighted by molar-refractivity contribution is 7.99. The summed E-state index contributed by atoms with van der Waals surface area (Å²) >= 11 is 1.36. The number of anilines is 1. The van der Waals surface area contributed by atoms with E-state index in [-0.39, 0.29) is 17.6 Å². The van der Waals surface area contributed by atoms with Crippen molar-refractivity contribution < 1.29 is 14.3 Å². The first-order chi connectivity index (χ1) is 15.5. The van der Waals surface area contributed by atoms with Gasteiger partial charge in [-0.25, -0.2) is 0 Å². The number of carbonyl (C=O) groups excluding carboxylic acids is 2. The van der Waals surface area contributed by atoms with E-state index in [0.29, 0.717) is 23.4 Å². The lowest BCUT2D eigenvalue weighted by atomic mass is 10.2. The van der Waals surface area contributed by atoms with Gasteiger partial charge in [0.2, 0.25) is 11.8 Å². The lowest BCUT2D eigenvalue weighted by Crippen LogP contribution is -2.34. The first kappa shape index (κ1) is 21.9. The fourth-order valence-corrected chi connectivity index (χ4v) is 4.20. The lowest BCUT2D eigenvalue weighted by Gasteiger charge is -2.22. The zero-order valence-electron chi connectivity index (χ0n) is 18.0. The van der Waals surface area contributed by atoms with Crippen LogP contribution in [-0.2, 0) is 16.1 Å². The number of amides is 2. The molecule has 8 nitrogen and oxygen atoms in total. The quantitative estimate of drug-likeness (QED) is 0.501. The van der Waals surface area contributed by atoms with Crippen LogP contribution in [0.2, 0.25) is 0 Å². The maximum atomic E-state index is 13.0. The highest BCUT2D eigenvalue weighted by atomic mass is 32.2. The van der Waals surface area contributed by atoms with E-state index in [2.05, 4.69) is 15.5 Å². The smallest absolute Gasteiger partial charge is 0.233 e. The summed E-state index contributed by atoms with van der Waals surface area (Å²) in [5, 5.41) is 11.6. The number of thioether (sulfide) groups is 1. The van der Waals surface area contributed by atoms with E-state index in [1.54, 1.807) is 13.4 Å². The number of nitrogens with zero attached hydrogens (tertiary/aromatic N) is 4. The van der Waals surface area contributed by atoms with E-state index in [0.717, 1.165) is 29.8 Å². The van der Waals surface area contributed by atoms with Crippen molar-refractivity contribution in [3.63, 3.8) is 0 Å². The van der Waals surface area contributed by atoms with Crippen LogP contribution in [0.4, 0.5) is 5.69 Å². The van der Waals surface area contributed by atoms with Gasteiger partial charge in [-0.2, -0.15) is 0 Å². The molecule has 1 aliphatic carbocycles. The largest absolute Gasteiger partial charge is 0.497 e. The van der Waals surface area contributed by atoms with Gasteiger partial charge in [-0.3, -0.25) is 14.2 Å². The summed E-state index contributed by atoms with van der Waals surface area (Å²) in [7, 11) is 1.64. The maximum Gasteiger partial charge on any atom is 0.233 e. The minimum Gasteiger partial charge on any atom is -0.497 e. The van der Waals surface area contributed by atoms with Crippen LogP contribution in [0.15, 0.2) is 60.0 Å². The third-order valence-corrected chi connectivity index (χ3v) is 6.03. The second-order valence-corrected chi connectivity index (χ2v) is 8.55. The molecular weight excluding hydrogens is 426 g/mol. The van der Waals surface area contributed by atoms with Crippen LogP contribution in [0.3, 0.4) is 0 Å². The zero-order valence-corrected chi connectivity index (χ0v) is 18.8. The highest BCUT2D eigenvalue weighted by Crippen LogP contribution is 2.30. The van der Waals surface area contributed by atoms with E-state index in [1.807, 2.05) is 58.0 Å². The van der Waals surface area contributed by atoms with E-state index in [4.69, 9.17) is 4.74 Å². The Morgan fingerprint density at radius 3 is 2.69 bits per heavy atom. The Hall–Kier alpha value is -3.33. The predicted octanol–water partition coefficient (Wildman–Crippen LogP) is 3.52.